The van der Waals surface area contributed by atoms with E-state index in [1.165, 1.54) is 11.3 Å². The Kier molecular flexibility index (Phi) is 4.75. The zero-order valence-electron chi connectivity index (χ0n) is 12.2. The summed E-state index contributed by atoms with van der Waals surface area (Å²) in [4.78, 5) is 31.5. The lowest BCUT2D eigenvalue weighted by Crippen LogP contribution is -2.51. The normalized spacial score (nSPS) is 18.9. The number of likely N-dealkylation sites (tertiary alicyclic amines) is 1. The summed E-state index contributed by atoms with van der Waals surface area (Å²) < 4.78 is 0. The number of nitrogens with one attached hydrogen (secondary N) is 1. The Labute approximate surface area is 123 Å². The molecule has 2 amide bonds. The third kappa shape index (κ3) is 2.85. The number of rotatable bonds is 3. The quantitative estimate of drug-likeness (QED) is 0.924. The highest BCUT2D eigenvalue weighted by Gasteiger charge is 2.33. The van der Waals surface area contributed by atoms with E-state index in [-0.39, 0.29) is 17.9 Å². The highest BCUT2D eigenvalue weighted by atomic mass is 32.1. The van der Waals surface area contributed by atoms with Crippen LogP contribution in [0.5, 0.6) is 0 Å². The molecule has 1 atom stereocenters. The number of carbonyl (C=O) groups excluding carboxylic acids is 2. The average Bonchev–Trinajstić information content (AvgIpc) is 2.86. The highest BCUT2D eigenvalue weighted by molar-refractivity contribution is 7.13. The number of carbonyl (C=O) groups is 2. The Morgan fingerprint density at radius 1 is 1.45 bits per heavy atom. The van der Waals surface area contributed by atoms with Crippen LogP contribution < -0.4 is 5.32 Å². The van der Waals surface area contributed by atoms with Crippen molar-refractivity contribution in [2.75, 3.05) is 13.6 Å². The van der Waals surface area contributed by atoms with Crippen LogP contribution in [0.1, 0.15) is 46.6 Å². The molecule has 1 fully saturated rings. The molecule has 1 aliphatic rings. The maximum Gasteiger partial charge on any atom is 0.266 e. The van der Waals surface area contributed by atoms with Gasteiger partial charge in [0.15, 0.2) is 0 Å². The van der Waals surface area contributed by atoms with E-state index in [1.807, 2.05) is 13.8 Å². The molecule has 20 heavy (non-hydrogen) atoms. The number of amides is 2. The highest BCUT2D eigenvalue weighted by Crippen LogP contribution is 2.25. The molecular formula is C14H21N3O2S. The smallest absolute Gasteiger partial charge is 0.266 e. The predicted octanol–water partition coefficient (Wildman–Crippen LogP) is 1.75. The van der Waals surface area contributed by atoms with Crippen LogP contribution in [0.3, 0.4) is 0 Å². The van der Waals surface area contributed by atoms with Crippen LogP contribution in [-0.4, -0.2) is 41.3 Å². The van der Waals surface area contributed by atoms with Gasteiger partial charge in [0.25, 0.3) is 5.91 Å². The van der Waals surface area contributed by atoms with Crippen LogP contribution in [0, 0.1) is 6.92 Å². The lowest BCUT2D eigenvalue weighted by Gasteiger charge is -2.34. The van der Waals surface area contributed by atoms with Crippen molar-refractivity contribution in [2.24, 2.45) is 0 Å². The summed E-state index contributed by atoms with van der Waals surface area (Å²) >= 11 is 1.43. The van der Waals surface area contributed by atoms with E-state index >= 15 is 0 Å². The molecule has 0 aliphatic carbocycles. The standard InChI is InChI=1S/C14H21N3O2S/c1-4-10-12(20-9(2)16-10)14(19)17-8-6-5-7-11(17)13(18)15-3/h11H,4-8H2,1-3H3,(H,15,18)/t11-/m1/s1. The first kappa shape index (κ1) is 15.0. The molecule has 1 N–H and O–H groups in total. The molecule has 0 saturated carbocycles. The molecular weight excluding hydrogens is 274 g/mol. The van der Waals surface area contributed by atoms with Crippen molar-refractivity contribution in [3.8, 4) is 0 Å². The van der Waals surface area contributed by atoms with Gasteiger partial charge in [-0.15, -0.1) is 11.3 Å². The maximum atomic E-state index is 12.7. The van der Waals surface area contributed by atoms with Gasteiger partial charge in [0.05, 0.1) is 10.7 Å². The van der Waals surface area contributed by atoms with Gasteiger partial charge in [-0.05, 0) is 32.6 Å². The van der Waals surface area contributed by atoms with Crippen LogP contribution in [0.2, 0.25) is 0 Å². The molecule has 0 bridgehead atoms. The zero-order chi connectivity index (χ0) is 14.7. The number of nitrogens with zero attached hydrogens (tertiary/aromatic N) is 2. The SMILES string of the molecule is CCc1nc(C)sc1C(=O)N1CCCC[C@@H]1C(=O)NC. The number of hydrogen-bond donors (Lipinski definition) is 1. The van der Waals surface area contributed by atoms with Gasteiger partial charge in [0.2, 0.25) is 5.91 Å². The van der Waals surface area contributed by atoms with Gasteiger partial charge in [-0.3, -0.25) is 9.59 Å². The van der Waals surface area contributed by atoms with Crippen molar-refractivity contribution in [1.29, 1.82) is 0 Å². The number of hydrogen-bond acceptors (Lipinski definition) is 4. The first-order valence-electron chi connectivity index (χ1n) is 7.07. The summed E-state index contributed by atoms with van der Waals surface area (Å²) in [6.45, 7) is 4.56. The fourth-order valence-corrected chi connectivity index (χ4v) is 3.58. The summed E-state index contributed by atoms with van der Waals surface area (Å²) in [5, 5.41) is 3.56. The number of aromatic nitrogens is 1. The largest absolute Gasteiger partial charge is 0.357 e. The first-order valence-corrected chi connectivity index (χ1v) is 7.89. The maximum absolute atomic E-state index is 12.7. The number of thiazole rings is 1. The third-order valence-corrected chi connectivity index (χ3v) is 4.65. The van der Waals surface area contributed by atoms with Crippen LogP contribution in [-0.2, 0) is 11.2 Å². The van der Waals surface area contributed by atoms with Crippen molar-refractivity contribution in [1.82, 2.24) is 15.2 Å². The molecule has 0 spiro atoms. The van der Waals surface area contributed by atoms with Gasteiger partial charge in [-0.25, -0.2) is 4.98 Å². The number of piperidine rings is 1. The Morgan fingerprint density at radius 3 is 2.85 bits per heavy atom. The summed E-state index contributed by atoms with van der Waals surface area (Å²) in [5.74, 6) is -0.113. The van der Waals surface area contributed by atoms with Gasteiger partial charge >= 0.3 is 0 Å². The monoisotopic (exact) mass is 295 g/mol. The fourth-order valence-electron chi connectivity index (χ4n) is 2.62. The van der Waals surface area contributed by atoms with E-state index in [4.69, 9.17) is 0 Å². The Morgan fingerprint density at radius 2 is 2.20 bits per heavy atom. The molecule has 110 valence electrons. The second-order valence-electron chi connectivity index (χ2n) is 4.99. The lowest BCUT2D eigenvalue weighted by atomic mass is 10.0. The van der Waals surface area contributed by atoms with Crippen molar-refractivity contribution >= 4 is 23.2 Å². The topological polar surface area (TPSA) is 62.3 Å². The van der Waals surface area contributed by atoms with Crippen molar-refractivity contribution in [3.05, 3.63) is 15.6 Å². The van der Waals surface area contributed by atoms with Crippen molar-refractivity contribution < 1.29 is 9.59 Å². The van der Waals surface area contributed by atoms with E-state index in [0.717, 1.165) is 36.4 Å². The van der Waals surface area contributed by atoms with Gasteiger partial charge in [0.1, 0.15) is 10.9 Å². The van der Waals surface area contributed by atoms with E-state index in [1.54, 1.807) is 11.9 Å². The molecule has 0 unspecified atom stereocenters. The average molecular weight is 295 g/mol. The minimum Gasteiger partial charge on any atom is -0.357 e. The van der Waals surface area contributed by atoms with Gasteiger partial charge in [-0.1, -0.05) is 6.92 Å². The Balaban J connectivity index is 2.27. The second kappa shape index (κ2) is 6.35. The summed E-state index contributed by atoms with van der Waals surface area (Å²) in [7, 11) is 1.62. The summed E-state index contributed by atoms with van der Waals surface area (Å²) in [6.07, 6.45) is 3.43. The second-order valence-corrected chi connectivity index (χ2v) is 6.19. The summed E-state index contributed by atoms with van der Waals surface area (Å²) in [6, 6.07) is -0.339. The minimum atomic E-state index is -0.339. The minimum absolute atomic E-state index is 0.0410. The van der Waals surface area contributed by atoms with E-state index < -0.39 is 0 Å². The van der Waals surface area contributed by atoms with E-state index in [0.29, 0.717) is 11.4 Å². The molecule has 0 radical (unpaired) electrons. The zero-order valence-corrected chi connectivity index (χ0v) is 13.0. The van der Waals surface area contributed by atoms with E-state index in [9.17, 15) is 9.59 Å². The Bertz CT molecular complexity index is 513. The molecule has 5 nitrogen and oxygen atoms in total. The van der Waals surface area contributed by atoms with Crippen LogP contribution in [0.15, 0.2) is 0 Å². The van der Waals surface area contributed by atoms with E-state index in [2.05, 4.69) is 10.3 Å². The van der Waals surface area contributed by atoms with Crippen molar-refractivity contribution in [2.45, 2.75) is 45.6 Å². The Hall–Kier alpha value is -1.43. The van der Waals surface area contributed by atoms with Crippen LogP contribution in [0.4, 0.5) is 0 Å². The summed E-state index contributed by atoms with van der Waals surface area (Å²) in [5.41, 5.74) is 0.846. The predicted molar refractivity (Wildman–Crippen MR) is 79.0 cm³/mol. The molecule has 1 saturated heterocycles. The molecule has 6 heteroatoms. The molecule has 2 heterocycles. The van der Waals surface area contributed by atoms with Gasteiger partial charge in [0, 0.05) is 13.6 Å². The molecule has 1 aromatic heterocycles. The molecule has 0 aromatic carbocycles. The van der Waals surface area contributed by atoms with Crippen molar-refractivity contribution in [3.63, 3.8) is 0 Å². The van der Waals surface area contributed by atoms with Crippen LogP contribution >= 0.6 is 11.3 Å². The molecule has 1 aliphatic heterocycles. The van der Waals surface area contributed by atoms with Crippen LogP contribution in [0.25, 0.3) is 0 Å². The first-order chi connectivity index (χ1) is 9.58. The van der Waals surface area contributed by atoms with Gasteiger partial charge < -0.3 is 10.2 Å². The fraction of sp³-hybridized carbons (Fsp3) is 0.643. The lowest BCUT2D eigenvalue weighted by molar-refractivity contribution is -0.126. The number of likely N-dealkylation sites (N-methyl/N-ethyl adjacent to an activating group) is 1. The molecule has 2 rings (SSSR count). The van der Waals surface area contributed by atoms with Gasteiger partial charge in [-0.2, -0.15) is 0 Å². The molecule has 1 aromatic rings. The number of aryl methyl sites for hydroxylation is 2. The third-order valence-electron chi connectivity index (χ3n) is 3.65.